The number of hydrogen-bond donors (Lipinski definition) is 0. The maximum Gasteiger partial charge on any atom is 0.272 e. The molecule has 1 heterocycles. The van der Waals surface area contributed by atoms with Crippen LogP contribution in [-0.2, 0) is 11.8 Å². The van der Waals surface area contributed by atoms with E-state index in [2.05, 4.69) is 4.99 Å². The zero-order valence-corrected chi connectivity index (χ0v) is 16.1. The molecule has 1 amide bonds. The van der Waals surface area contributed by atoms with Gasteiger partial charge in [0.05, 0.1) is 14.2 Å². The van der Waals surface area contributed by atoms with Crippen LogP contribution in [0.1, 0.15) is 5.56 Å². The summed E-state index contributed by atoms with van der Waals surface area (Å²) in [7, 11) is 5.05. The van der Waals surface area contributed by atoms with E-state index in [1.54, 1.807) is 26.4 Å². The molecule has 0 aliphatic carbocycles. The molecule has 1 aromatic heterocycles. The number of thiazole rings is 1. The number of fused-ring (bicyclic) bond motifs is 1. The Morgan fingerprint density at radius 3 is 2.54 bits per heavy atom. The molecule has 0 N–H and O–H groups in total. The standard InChI is InChI=1S/C19H17ClN2O3S/c1-22-17-14(24-2)9-10-15(25-3)18(17)26-19(22)21-16(23)11-8-12-6-4-5-7-13(12)20/h4-11H,1-3H3. The van der Waals surface area contributed by atoms with E-state index in [0.717, 1.165) is 15.8 Å². The van der Waals surface area contributed by atoms with Gasteiger partial charge in [-0.05, 0) is 29.8 Å². The van der Waals surface area contributed by atoms with Crippen LogP contribution in [0.15, 0.2) is 47.5 Å². The first kappa shape index (κ1) is 18.2. The number of methoxy groups -OCH3 is 2. The molecular formula is C19H17ClN2O3S. The fourth-order valence-electron chi connectivity index (χ4n) is 2.53. The highest BCUT2D eigenvalue weighted by atomic mass is 35.5. The number of carbonyl (C=O) groups excluding carboxylic acids is 1. The van der Waals surface area contributed by atoms with E-state index < -0.39 is 0 Å². The van der Waals surface area contributed by atoms with Crippen LogP contribution in [-0.4, -0.2) is 24.7 Å². The lowest BCUT2D eigenvalue weighted by molar-refractivity contribution is -0.113. The van der Waals surface area contributed by atoms with Crippen LogP contribution in [0.4, 0.5) is 0 Å². The number of carbonyl (C=O) groups is 1. The lowest BCUT2D eigenvalue weighted by Gasteiger charge is -2.06. The van der Waals surface area contributed by atoms with Crippen molar-refractivity contribution in [3.63, 3.8) is 0 Å². The highest BCUT2D eigenvalue weighted by Crippen LogP contribution is 2.34. The Hall–Kier alpha value is -2.57. The molecule has 0 unspecified atom stereocenters. The van der Waals surface area contributed by atoms with Gasteiger partial charge >= 0.3 is 0 Å². The molecule has 3 rings (SSSR count). The van der Waals surface area contributed by atoms with Crippen molar-refractivity contribution in [3.05, 3.63) is 57.9 Å². The number of ether oxygens (including phenoxy) is 2. The van der Waals surface area contributed by atoms with Crippen LogP contribution in [0.25, 0.3) is 16.3 Å². The average Bonchev–Trinajstić information content (AvgIpc) is 2.97. The van der Waals surface area contributed by atoms with E-state index in [1.165, 1.54) is 17.4 Å². The fourth-order valence-corrected chi connectivity index (χ4v) is 3.86. The molecule has 2 aromatic carbocycles. The summed E-state index contributed by atoms with van der Waals surface area (Å²) in [5.41, 5.74) is 1.60. The van der Waals surface area contributed by atoms with Crippen LogP contribution < -0.4 is 14.3 Å². The monoisotopic (exact) mass is 388 g/mol. The molecule has 0 atom stereocenters. The van der Waals surface area contributed by atoms with E-state index in [4.69, 9.17) is 21.1 Å². The van der Waals surface area contributed by atoms with Gasteiger partial charge in [0, 0.05) is 18.1 Å². The minimum Gasteiger partial charge on any atom is -0.495 e. The van der Waals surface area contributed by atoms with Gasteiger partial charge in [-0.25, -0.2) is 0 Å². The Kier molecular flexibility index (Phi) is 5.44. The van der Waals surface area contributed by atoms with Gasteiger partial charge in [-0.1, -0.05) is 41.1 Å². The zero-order valence-electron chi connectivity index (χ0n) is 14.5. The van der Waals surface area contributed by atoms with Crippen molar-refractivity contribution >= 4 is 45.1 Å². The molecule has 0 fully saturated rings. The van der Waals surface area contributed by atoms with Crippen molar-refractivity contribution in [2.75, 3.05) is 14.2 Å². The van der Waals surface area contributed by atoms with Gasteiger partial charge in [-0.15, -0.1) is 0 Å². The summed E-state index contributed by atoms with van der Waals surface area (Å²) < 4.78 is 13.5. The third-order valence-electron chi connectivity index (χ3n) is 3.83. The van der Waals surface area contributed by atoms with Gasteiger partial charge < -0.3 is 14.0 Å². The molecule has 0 aliphatic rings. The summed E-state index contributed by atoms with van der Waals surface area (Å²) in [4.78, 5) is 17.0. The highest BCUT2D eigenvalue weighted by molar-refractivity contribution is 7.16. The van der Waals surface area contributed by atoms with E-state index in [0.29, 0.717) is 21.3 Å². The lowest BCUT2D eigenvalue weighted by atomic mass is 10.2. The third kappa shape index (κ3) is 3.52. The number of halogens is 1. The molecule has 0 spiro atoms. The predicted molar refractivity (Wildman–Crippen MR) is 105 cm³/mol. The van der Waals surface area contributed by atoms with Gasteiger partial charge in [-0.2, -0.15) is 4.99 Å². The summed E-state index contributed by atoms with van der Waals surface area (Å²) in [5, 5.41) is 0.582. The Morgan fingerprint density at radius 2 is 1.85 bits per heavy atom. The van der Waals surface area contributed by atoms with Gasteiger partial charge in [-0.3, -0.25) is 4.79 Å². The van der Waals surface area contributed by atoms with Gasteiger partial charge in [0.2, 0.25) is 0 Å². The number of amides is 1. The van der Waals surface area contributed by atoms with Crippen molar-refractivity contribution in [2.45, 2.75) is 0 Å². The molecule has 3 aromatic rings. The molecule has 134 valence electrons. The number of aromatic nitrogens is 1. The second-order valence-electron chi connectivity index (χ2n) is 5.40. The molecule has 0 saturated heterocycles. The smallest absolute Gasteiger partial charge is 0.272 e. The fraction of sp³-hybridized carbons (Fsp3) is 0.158. The largest absolute Gasteiger partial charge is 0.495 e. The normalized spacial score (nSPS) is 12.1. The van der Waals surface area contributed by atoms with E-state index in [-0.39, 0.29) is 5.91 Å². The average molecular weight is 389 g/mol. The maximum absolute atomic E-state index is 12.3. The summed E-state index contributed by atoms with van der Waals surface area (Å²) >= 11 is 7.46. The first-order valence-electron chi connectivity index (χ1n) is 7.77. The van der Waals surface area contributed by atoms with Crippen LogP contribution >= 0.6 is 22.9 Å². The van der Waals surface area contributed by atoms with Crippen molar-refractivity contribution < 1.29 is 14.3 Å². The predicted octanol–water partition coefficient (Wildman–Crippen LogP) is 4.05. The number of benzene rings is 2. The van der Waals surface area contributed by atoms with Crippen molar-refractivity contribution in [2.24, 2.45) is 12.0 Å². The van der Waals surface area contributed by atoms with Gasteiger partial charge in [0.1, 0.15) is 21.7 Å². The third-order valence-corrected chi connectivity index (χ3v) is 5.32. The molecule has 7 heteroatoms. The molecule has 5 nitrogen and oxygen atoms in total. The van der Waals surface area contributed by atoms with E-state index in [9.17, 15) is 4.79 Å². The quantitative estimate of drug-likeness (QED) is 0.633. The Labute approximate surface area is 159 Å². The summed E-state index contributed by atoms with van der Waals surface area (Å²) in [5.74, 6) is 1.03. The van der Waals surface area contributed by atoms with Crippen LogP contribution in [0.3, 0.4) is 0 Å². The Bertz CT molecular complexity index is 1070. The molecule has 0 radical (unpaired) electrons. The maximum atomic E-state index is 12.3. The molecular weight excluding hydrogens is 372 g/mol. The summed E-state index contributed by atoms with van der Waals surface area (Å²) in [6, 6.07) is 11.0. The van der Waals surface area contributed by atoms with Crippen molar-refractivity contribution in [3.8, 4) is 11.5 Å². The van der Waals surface area contributed by atoms with E-state index >= 15 is 0 Å². The Balaban J connectivity index is 2.03. The molecule has 0 bridgehead atoms. The van der Waals surface area contributed by atoms with Crippen molar-refractivity contribution in [1.29, 1.82) is 0 Å². The SMILES string of the molecule is COc1ccc(OC)c2c1sc(=NC(=O)C=Cc1ccccc1Cl)n2C. The van der Waals surface area contributed by atoms with E-state index in [1.807, 2.05) is 41.9 Å². The van der Waals surface area contributed by atoms with Gasteiger partial charge in [0.15, 0.2) is 4.80 Å². The number of aryl methyl sites for hydroxylation is 1. The zero-order chi connectivity index (χ0) is 18.7. The van der Waals surface area contributed by atoms with Crippen LogP contribution in [0.5, 0.6) is 11.5 Å². The minimum absolute atomic E-state index is 0.370. The van der Waals surface area contributed by atoms with Crippen molar-refractivity contribution in [1.82, 2.24) is 4.57 Å². The van der Waals surface area contributed by atoms with Gasteiger partial charge in [0.25, 0.3) is 5.91 Å². The molecule has 26 heavy (non-hydrogen) atoms. The number of hydrogen-bond acceptors (Lipinski definition) is 4. The topological polar surface area (TPSA) is 52.8 Å². The second kappa shape index (κ2) is 7.76. The lowest BCUT2D eigenvalue weighted by Crippen LogP contribution is -2.12. The first-order valence-corrected chi connectivity index (χ1v) is 8.96. The first-order chi connectivity index (χ1) is 12.5. The van der Waals surface area contributed by atoms with Crippen LogP contribution in [0, 0.1) is 0 Å². The highest BCUT2D eigenvalue weighted by Gasteiger charge is 2.14. The van der Waals surface area contributed by atoms with Crippen LogP contribution in [0.2, 0.25) is 5.02 Å². The Morgan fingerprint density at radius 1 is 1.15 bits per heavy atom. The minimum atomic E-state index is -0.370. The number of rotatable bonds is 4. The summed E-state index contributed by atoms with van der Waals surface area (Å²) in [6.45, 7) is 0. The molecule has 0 saturated carbocycles. The molecule has 0 aliphatic heterocycles. The number of nitrogens with zero attached hydrogens (tertiary/aromatic N) is 2. The second-order valence-corrected chi connectivity index (χ2v) is 6.78. The summed E-state index contributed by atoms with van der Waals surface area (Å²) in [6.07, 6.45) is 3.06.